The Labute approximate surface area is 91.0 Å². The standard InChI is InChI=1S/C8H19N3O3S/c1-10(2)9-15(13,14)11-5-3-8(7-12)4-6-11/h8-9,12H,3-7H2,1-2H3. The van der Waals surface area contributed by atoms with Crippen molar-refractivity contribution >= 4 is 10.2 Å². The topological polar surface area (TPSA) is 72.9 Å². The van der Waals surface area contributed by atoms with E-state index in [0.717, 1.165) is 12.8 Å². The van der Waals surface area contributed by atoms with Crippen molar-refractivity contribution in [3.8, 4) is 0 Å². The van der Waals surface area contributed by atoms with Crippen molar-refractivity contribution in [2.75, 3.05) is 33.8 Å². The molecule has 0 atom stereocenters. The predicted molar refractivity (Wildman–Crippen MR) is 57.1 cm³/mol. The lowest BCUT2D eigenvalue weighted by Gasteiger charge is -2.31. The van der Waals surface area contributed by atoms with Gasteiger partial charge in [-0.3, -0.25) is 0 Å². The smallest absolute Gasteiger partial charge is 0.292 e. The number of rotatable bonds is 4. The average molecular weight is 237 g/mol. The van der Waals surface area contributed by atoms with Gasteiger partial charge in [0.25, 0.3) is 10.2 Å². The summed E-state index contributed by atoms with van der Waals surface area (Å²) in [5.41, 5.74) is 0. The Morgan fingerprint density at radius 3 is 2.33 bits per heavy atom. The van der Waals surface area contributed by atoms with Gasteiger partial charge < -0.3 is 5.11 Å². The van der Waals surface area contributed by atoms with Crippen molar-refractivity contribution in [3.63, 3.8) is 0 Å². The van der Waals surface area contributed by atoms with Gasteiger partial charge in [-0.1, -0.05) is 0 Å². The first kappa shape index (κ1) is 12.9. The van der Waals surface area contributed by atoms with Crippen molar-refractivity contribution in [1.29, 1.82) is 0 Å². The molecule has 1 fully saturated rings. The van der Waals surface area contributed by atoms with Crippen LogP contribution in [0.4, 0.5) is 0 Å². The van der Waals surface area contributed by atoms with Crippen LogP contribution in [0.5, 0.6) is 0 Å². The molecule has 0 aliphatic carbocycles. The summed E-state index contributed by atoms with van der Waals surface area (Å²) in [6.07, 6.45) is 1.45. The Morgan fingerprint density at radius 1 is 1.40 bits per heavy atom. The van der Waals surface area contributed by atoms with Crippen molar-refractivity contribution < 1.29 is 13.5 Å². The Morgan fingerprint density at radius 2 is 1.93 bits per heavy atom. The minimum atomic E-state index is -3.39. The van der Waals surface area contributed by atoms with Crippen LogP contribution in [-0.4, -0.2) is 56.6 Å². The maximum absolute atomic E-state index is 11.7. The largest absolute Gasteiger partial charge is 0.396 e. The van der Waals surface area contributed by atoms with E-state index >= 15 is 0 Å². The summed E-state index contributed by atoms with van der Waals surface area (Å²) in [5, 5.41) is 10.3. The van der Waals surface area contributed by atoms with Crippen molar-refractivity contribution in [3.05, 3.63) is 0 Å². The molecule has 1 rings (SSSR count). The van der Waals surface area contributed by atoms with Crippen LogP contribution in [0.15, 0.2) is 0 Å². The second-order valence-corrected chi connectivity index (χ2v) is 5.66. The lowest BCUT2D eigenvalue weighted by molar-refractivity contribution is 0.167. The Balaban J connectivity index is 2.52. The quantitative estimate of drug-likeness (QED) is 0.615. The molecule has 1 heterocycles. The van der Waals surface area contributed by atoms with E-state index in [2.05, 4.69) is 4.83 Å². The molecule has 0 aromatic rings. The first-order chi connectivity index (χ1) is 6.95. The number of aliphatic hydroxyl groups is 1. The van der Waals surface area contributed by atoms with Gasteiger partial charge in [-0.25, -0.2) is 5.01 Å². The van der Waals surface area contributed by atoms with Crippen LogP contribution in [-0.2, 0) is 10.2 Å². The average Bonchev–Trinajstić information content (AvgIpc) is 2.16. The molecule has 2 N–H and O–H groups in total. The van der Waals surface area contributed by atoms with Crippen molar-refractivity contribution in [2.24, 2.45) is 5.92 Å². The van der Waals surface area contributed by atoms with E-state index in [0.29, 0.717) is 13.1 Å². The van der Waals surface area contributed by atoms with Crippen molar-refractivity contribution in [1.82, 2.24) is 14.1 Å². The Hall–Kier alpha value is -0.210. The highest BCUT2D eigenvalue weighted by Crippen LogP contribution is 2.18. The SMILES string of the molecule is CN(C)NS(=O)(=O)N1CCC(CO)CC1. The fraction of sp³-hybridized carbons (Fsp3) is 1.00. The molecule has 6 nitrogen and oxygen atoms in total. The molecule has 0 unspecified atom stereocenters. The molecule has 0 radical (unpaired) electrons. The highest BCUT2D eigenvalue weighted by Gasteiger charge is 2.27. The minimum Gasteiger partial charge on any atom is -0.396 e. The molecule has 90 valence electrons. The third kappa shape index (κ3) is 3.69. The van der Waals surface area contributed by atoms with E-state index < -0.39 is 10.2 Å². The molecule has 0 amide bonds. The zero-order chi connectivity index (χ0) is 11.5. The summed E-state index contributed by atoms with van der Waals surface area (Å²) in [6, 6.07) is 0. The molecular weight excluding hydrogens is 218 g/mol. The lowest BCUT2D eigenvalue weighted by Crippen LogP contribution is -2.49. The lowest BCUT2D eigenvalue weighted by atomic mass is 10.00. The van der Waals surface area contributed by atoms with Crippen LogP contribution >= 0.6 is 0 Å². The van der Waals surface area contributed by atoms with E-state index in [1.165, 1.54) is 9.31 Å². The molecule has 0 aromatic heterocycles. The minimum absolute atomic E-state index is 0.148. The van der Waals surface area contributed by atoms with Gasteiger partial charge in [0.05, 0.1) is 0 Å². The second kappa shape index (κ2) is 5.22. The maximum atomic E-state index is 11.7. The molecule has 1 saturated heterocycles. The van der Waals surface area contributed by atoms with E-state index in [9.17, 15) is 8.42 Å². The van der Waals surface area contributed by atoms with Crippen LogP contribution in [0.25, 0.3) is 0 Å². The van der Waals surface area contributed by atoms with Crippen LogP contribution in [0, 0.1) is 5.92 Å². The number of hydrogen-bond acceptors (Lipinski definition) is 4. The summed E-state index contributed by atoms with van der Waals surface area (Å²) < 4.78 is 24.8. The number of nitrogens with one attached hydrogen (secondary N) is 1. The molecule has 15 heavy (non-hydrogen) atoms. The molecule has 0 bridgehead atoms. The van der Waals surface area contributed by atoms with Gasteiger partial charge in [-0.2, -0.15) is 12.7 Å². The summed E-state index contributed by atoms with van der Waals surface area (Å²) in [4.78, 5) is 2.39. The fourth-order valence-electron chi connectivity index (χ4n) is 1.62. The van der Waals surface area contributed by atoms with Gasteiger partial charge in [-0.05, 0) is 18.8 Å². The molecule has 1 aliphatic rings. The van der Waals surface area contributed by atoms with Gasteiger partial charge in [-0.15, -0.1) is 4.83 Å². The van der Waals surface area contributed by atoms with Crippen LogP contribution in [0.3, 0.4) is 0 Å². The van der Waals surface area contributed by atoms with E-state index in [1.54, 1.807) is 14.1 Å². The van der Waals surface area contributed by atoms with Crippen LogP contribution in [0.1, 0.15) is 12.8 Å². The summed E-state index contributed by atoms with van der Waals surface area (Å²) in [5.74, 6) is 0.246. The van der Waals surface area contributed by atoms with Gasteiger partial charge in [0, 0.05) is 33.8 Å². The summed E-state index contributed by atoms with van der Waals surface area (Å²) in [6.45, 7) is 1.11. The zero-order valence-electron chi connectivity index (χ0n) is 9.18. The second-order valence-electron chi connectivity index (χ2n) is 4.02. The van der Waals surface area contributed by atoms with E-state index in [-0.39, 0.29) is 12.5 Å². The molecule has 7 heteroatoms. The van der Waals surface area contributed by atoms with Crippen LogP contribution < -0.4 is 4.83 Å². The highest BCUT2D eigenvalue weighted by atomic mass is 32.2. The van der Waals surface area contributed by atoms with E-state index in [1.807, 2.05) is 0 Å². The molecule has 0 saturated carbocycles. The monoisotopic (exact) mass is 237 g/mol. The van der Waals surface area contributed by atoms with Gasteiger partial charge in [0.15, 0.2) is 0 Å². The summed E-state index contributed by atoms with van der Waals surface area (Å²) >= 11 is 0. The Kier molecular flexibility index (Phi) is 4.47. The molecule has 0 spiro atoms. The van der Waals surface area contributed by atoms with Crippen molar-refractivity contribution in [2.45, 2.75) is 12.8 Å². The maximum Gasteiger partial charge on any atom is 0.292 e. The van der Waals surface area contributed by atoms with Gasteiger partial charge in [0.1, 0.15) is 0 Å². The number of hydrazine groups is 1. The molecular formula is C8H19N3O3S. The number of piperidine rings is 1. The first-order valence-corrected chi connectivity index (χ1v) is 6.45. The van der Waals surface area contributed by atoms with Crippen LogP contribution in [0.2, 0.25) is 0 Å². The van der Waals surface area contributed by atoms with Gasteiger partial charge in [0.2, 0.25) is 0 Å². The third-order valence-corrected chi connectivity index (χ3v) is 4.11. The molecule has 0 aromatic carbocycles. The molecule has 1 aliphatic heterocycles. The third-order valence-electron chi connectivity index (χ3n) is 2.47. The summed E-state index contributed by atoms with van der Waals surface area (Å²) in [7, 11) is -0.113. The Bertz CT molecular complexity index is 284. The number of hydrogen-bond donors (Lipinski definition) is 2. The van der Waals surface area contributed by atoms with E-state index in [4.69, 9.17) is 5.11 Å². The normalized spacial score (nSPS) is 21.1. The predicted octanol–water partition coefficient (Wildman–Crippen LogP) is -0.998. The number of aliphatic hydroxyl groups excluding tert-OH is 1. The first-order valence-electron chi connectivity index (χ1n) is 5.01. The van der Waals surface area contributed by atoms with Gasteiger partial charge >= 0.3 is 0 Å². The zero-order valence-corrected chi connectivity index (χ0v) is 10.00. The fourth-order valence-corrected chi connectivity index (χ4v) is 2.89. The number of nitrogens with zero attached hydrogens (tertiary/aromatic N) is 2. The highest BCUT2D eigenvalue weighted by molar-refractivity contribution is 7.87.